The van der Waals surface area contributed by atoms with E-state index in [2.05, 4.69) is 29.3 Å². The minimum atomic E-state index is -0.339. The summed E-state index contributed by atoms with van der Waals surface area (Å²) in [5, 5.41) is 7.55. The number of ether oxygens (including phenoxy) is 1. The van der Waals surface area contributed by atoms with Gasteiger partial charge in [-0.1, -0.05) is 37.8 Å². The number of nitrogens with zero attached hydrogens (tertiary/aromatic N) is 2. The van der Waals surface area contributed by atoms with Gasteiger partial charge >= 0.3 is 0 Å². The van der Waals surface area contributed by atoms with E-state index in [9.17, 15) is 0 Å². The molecule has 0 saturated heterocycles. The molecule has 0 bridgehead atoms. The summed E-state index contributed by atoms with van der Waals surface area (Å²) in [4.78, 5) is 4.56. The van der Waals surface area contributed by atoms with Crippen molar-refractivity contribution in [3.05, 3.63) is 11.7 Å². The smallest absolute Gasteiger partial charge is 0.240 e. The molecule has 1 heterocycles. The Kier molecular flexibility index (Phi) is 5.54. The lowest BCUT2D eigenvalue weighted by atomic mass is 9.93. The minimum absolute atomic E-state index is 0.339. The molecule has 0 spiro atoms. The number of nitrogens with one attached hydrogen (secondary N) is 1. The fourth-order valence-electron chi connectivity index (χ4n) is 2.74. The molecule has 1 fully saturated rings. The lowest BCUT2D eigenvalue weighted by Gasteiger charge is -2.27. The predicted molar refractivity (Wildman–Crippen MR) is 77.3 cm³/mol. The molecule has 2 rings (SSSR count). The topological polar surface area (TPSA) is 60.2 Å². The monoisotopic (exact) mass is 281 g/mol. The SMILES string of the molecule is CCC(C)NCc1nc(C2(OC)CCCCCC2)no1. The highest BCUT2D eigenvalue weighted by molar-refractivity contribution is 5.02. The fourth-order valence-corrected chi connectivity index (χ4v) is 2.74. The Morgan fingerprint density at radius 3 is 2.60 bits per heavy atom. The van der Waals surface area contributed by atoms with E-state index in [0.717, 1.165) is 25.1 Å². The summed E-state index contributed by atoms with van der Waals surface area (Å²) in [5.41, 5.74) is -0.339. The molecule has 0 amide bonds. The van der Waals surface area contributed by atoms with Crippen molar-refractivity contribution in [2.45, 2.75) is 77.0 Å². The van der Waals surface area contributed by atoms with Crippen LogP contribution in [0.15, 0.2) is 4.52 Å². The van der Waals surface area contributed by atoms with E-state index < -0.39 is 0 Å². The molecule has 1 saturated carbocycles. The lowest BCUT2D eigenvalue weighted by Crippen LogP contribution is -2.29. The highest BCUT2D eigenvalue weighted by Gasteiger charge is 2.37. The number of rotatable bonds is 6. The summed E-state index contributed by atoms with van der Waals surface area (Å²) in [6.07, 6.45) is 7.94. The third-order valence-electron chi connectivity index (χ3n) is 4.39. The first-order valence-corrected chi connectivity index (χ1v) is 7.82. The maximum absolute atomic E-state index is 5.80. The van der Waals surface area contributed by atoms with Gasteiger partial charge in [-0.25, -0.2) is 0 Å². The van der Waals surface area contributed by atoms with Crippen molar-refractivity contribution in [1.29, 1.82) is 0 Å². The molecule has 1 aromatic rings. The van der Waals surface area contributed by atoms with Gasteiger partial charge in [-0.15, -0.1) is 0 Å². The van der Waals surface area contributed by atoms with Crippen LogP contribution in [0.2, 0.25) is 0 Å². The Hall–Kier alpha value is -0.940. The first kappa shape index (κ1) is 15.4. The number of aromatic nitrogens is 2. The van der Waals surface area contributed by atoms with Crippen molar-refractivity contribution in [2.75, 3.05) is 7.11 Å². The second kappa shape index (κ2) is 7.18. The summed E-state index contributed by atoms with van der Waals surface area (Å²) in [6, 6.07) is 0.458. The molecule has 114 valence electrons. The fraction of sp³-hybridized carbons (Fsp3) is 0.867. The standard InChI is InChI=1S/C15H27N3O2/c1-4-12(2)16-11-13-17-14(18-20-13)15(19-3)9-7-5-6-8-10-15/h12,16H,4-11H2,1-3H3. The van der Waals surface area contributed by atoms with E-state index in [1.807, 2.05) is 0 Å². The number of hydrogen-bond donors (Lipinski definition) is 1. The Morgan fingerprint density at radius 2 is 2.00 bits per heavy atom. The summed E-state index contributed by atoms with van der Waals surface area (Å²) in [5.74, 6) is 1.38. The Balaban J connectivity index is 2.05. The van der Waals surface area contributed by atoms with Crippen molar-refractivity contribution in [3.8, 4) is 0 Å². The quantitative estimate of drug-likeness (QED) is 0.812. The summed E-state index contributed by atoms with van der Waals surface area (Å²) in [6.45, 7) is 4.93. The van der Waals surface area contributed by atoms with Gasteiger partial charge in [0.1, 0.15) is 5.60 Å². The van der Waals surface area contributed by atoms with Gasteiger partial charge in [-0.3, -0.25) is 0 Å². The Bertz CT molecular complexity index is 398. The maximum Gasteiger partial charge on any atom is 0.240 e. The van der Waals surface area contributed by atoms with Gasteiger partial charge in [-0.2, -0.15) is 4.98 Å². The van der Waals surface area contributed by atoms with Crippen molar-refractivity contribution in [3.63, 3.8) is 0 Å². The number of methoxy groups -OCH3 is 1. The van der Waals surface area contributed by atoms with Crippen molar-refractivity contribution in [2.24, 2.45) is 0 Å². The third-order valence-corrected chi connectivity index (χ3v) is 4.39. The zero-order valence-corrected chi connectivity index (χ0v) is 12.9. The van der Waals surface area contributed by atoms with Gasteiger partial charge in [0.15, 0.2) is 0 Å². The molecule has 5 heteroatoms. The van der Waals surface area contributed by atoms with Crippen LogP contribution in [0.1, 0.15) is 70.5 Å². The molecule has 1 N–H and O–H groups in total. The third kappa shape index (κ3) is 3.58. The first-order chi connectivity index (χ1) is 9.70. The van der Waals surface area contributed by atoms with Gasteiger partial charge in [0.2, 0.25) is 11.7 Å². The average Bonchev–Trinajstić information content (AvgIpc) is 2.82. The van der Waals surface area contributed by atoms with Crippen LogP contribution < -0.4 is 5.32 Å². The summed E-state index contributed by atoms with van der Waals surface area (Å²) >= 11 is 0. The minimum Gasteiger partial charge on any atom is -0.370 e. The average molecular weight is 281 g/mol. The highest BCUT2D eigenvalue weighted by atomic mass is 16.5. The van der Waals surface area contributed by atoms with Crippen molar-refractivity contribution in [1.82, 2.24) is 15.5 Å². The Labute approximate surface area is 121 Å². The molecule has 1 aliphatic rings. The maximum atomic E-state index is 5.80. The van der Waals surface area contributed by atoms with Gasteiger partial charge in [0.25, 0.3) is 0 Å². The molecule has 1 unspecified atom stereocenters. The largest absolute Gasteiger partial charge is 0.370 e. The molecule has 1 atom stereocenters. The molecule has 0 aromatic carbocycles. The van der Waals surface area contributed by atoms with E-state index in [0.29, 0.717) is 18.5 Å². The highest BCUT2D eigenvalue weighted by Crippen LogP contribution is 2.37. The van der Waals surface area contributed by atoms with Crippen LogP contribution in [0.5, 0.6) is 0 Å². The van der Waals surface area contributed by atoms with Crippen LogP contribution in [-0.2, 0) is 16.9 Å². The van der Waals surface area contributed by atoms with Crippen molar-refractivity contribution < 1.29 is 9.26 Å². The molecule has 0 radical (unpaired) electrons. The van der Waals surface area contributed by atoms with Crippen molar-refractivity contribution >= 4 is 0 Å². The van der Waals surface area contributed by atoms with Crippen LogP contribution in [-0.4, -0.2) is 23.3 Å². The van der Waals surface area contributed by atoms with Crippen LogP contribution in [0, 0.1) is 0 Å². The second-order valence-corrected chi connectivity index (χ2v) is 5.81. The van der Waals surface area contributed by atoms with Crippen LogP contribution in [0.3, 0.4) is 0 Å². The normalized spacial score (nSPS) is 20.6. The Morgan fingerprint density at radius 1 is 1.30 bits per heavy atom. The molecular weight excluding hydrogens is 254 g/mol. The lowest BCUT2D eigenvalue weighted by molar-refractivity contribution is -0.0365. The zero-order valence-electron chi connectivity index (χ0n) is 12.9. The summed E-state index contributed by atoms with van der Waals surface area (Å²) in [7, 11) is 1.76. The number of hydrogen-bond acceptors (Lipinski definition) is 5. The second-order valence-electron chi connectivity index (χ2n) is 5.81. The van der Waals surface area contributed by atoms with E-state index in [4.69, 9.17) is 9.26 Å². The van der Waals surface area contributed by atoms with E-state index in [1.54, 1.807) is 7.11 Å². The van der Waals surface area contributed by atoms with Gasteiger partial charge < -0.3 is 14.6 Å². The van der Waals surface area contributed by atoms with E-state index >= 15 is 0 Å². The molecule has 1 aromatic heterocycles. The van der Waals surface area contributed by atoms with Crippen LogP contribution in [0.25, 0.3) is 0 Å². The molecule has 5 nitrogen and oxygen atoms in total. The van der Waals surface area contributed by atoms with Gasteiger partial charge in [0, 0.05) is 13.2 Å². The molecular formula is C15H27N3O2. The van der Waals surface area contributed by atoms with Gasteiger partial charge in [-0.05, 0) is 26.2 Å². The van der Waals surface area contributed by atoms with Crippen LogP contribution in [0.4, 0.5) is 0 Å². The zero-order chi connectivity index (χ0) is 14.4. The summed E-state index contributed by atoms with van der Waals surface area (Å²) < 4.78 is 11.2. The molecule has 1 aliphatic carbocycles. The van der Waals surface area contributed by atoms with E-state index in [1.165, 1.54) is 25.7 Å². The predicted octanol–water partition coefficient (Wildman–Crippen LogP) is 3.15. The first-order valence-electron chi connectivity index (χ1n) is 7.82. The van der Waals surface area contributed by atoms with Crippen LogP contribution >= 0.6 is 0 Å². The molecule has 20 heavy (non-hydrogen) atoms. The van der Waals surface area contributed by atoms with E-state index in [-0.39, 0.29) is 5.60 Å². The molecule has 0 aliphatic heterocycles. The van der Waals surface area contributed by atoms with Gasteiger partial charge in [0.05, 0.1) is 6.54 Å².